The number of halogens is 1. The third-order valence-corrected chi connectivity index (χ3v) is 9.04. The number of carbonyl (C=O) groups excluding carboxylic acids is 2. The Balaban J connectivity index is 1.06. The number of hydrogen-bond donors (Lipinski definition) is 1. The van der Waals surface area contributed by atoms with Gasteiger partial charge in [-0.25, -0.2) is 0 Å². The minimum Gasteiger partial charge on any atom is -0.371 e. The molecule has 0 radical (unpaired) electrons. The maximum absolute atomic E-state index is 13.3. The number of anilines is 1. The second-order valence-electron chi connectivity index (χ2n) is 11.0. The predicted octanol–water partition coefficient (Wildman–Crippen LogP) is 5.21. The summed E-state index contributed by atoms with van der Waals surface area (Å²) in [6.07, 6.45) is 9.18. The van der Waals surface area contributed by atoms with E-state index in [0.29, 0.717) is 22.4 Å². The third-order valence-electron chi connectivity index (χ3n) is 8.71. The number of pyridine rings is 1. The second kappa shape index (κ2) is 10.4. The fourth-order valence-corrected chi connectivity index (χ4v) is 6.65. The van der Waals surface area contributed by atoms with Gasteiger partial charge in [0.05, 0.1) is 23.0 Å². The Kier molecular flexibility index (Phi) is 6.83. The molecule has 3 aliphatic rings. The number of benzene rings is 2. The smallest absolute Gasteiger partial charge is 0.253 e. The molecule has 1 spiro atoms. The molecule has 0 saturated carbocycles. The number of carbonyl (C=O) groups is 2. The molecule has 1 N–H and O–H groups in total. The fraction of sp³-hybridized carbons (Fsp3) is 0.387. The second-order valence-corrected chi connectivity index (χ2v) is 11.4. The molecule has 6 nitrogen and oxygen atoms in total. The zero-order chi connectivity index (χ0) is 26.1. The third kappa shape index (κ3) is 5.02. The SMILES string of the molecule is O=C(NC1CCc2ccc(CC(=O)N3CCC4(CC3)CCN(c3ccncc3)C4)cc21)c1ccccc1Cl. The standard InChI is InChI=1S/C31H33ClN4O2/c32-27-4-2-1-3-25(27)30(38)34-28-8-7-23-6-5-22(19-26(23)28)20-29(37)35-16-11-31(12-17-35)13-18-36(21-31)24-9-14-33-15-10-24/h1-6,9-10,14-15,19,28H,7-8,11-13,16-18,20-21H2,(H,34,38). The van der Waals surface area contributed by atoms with Crippen LogP contribution in [0.15, 0.2) is 67.0 Å². The van der Waals surface area contributed by atoms with Crippen LogP contribution in [0.2, 0.25) is 5.02 Å². The number of likely N-dealkylation sites (tertiary alicyclic amines) is 1. The van der Waals surface area contributed by atoms with Crippen molar-refractivity contribution in [2.75, 3.05) is 31.1 Å². The lowest BCUT2D eigenvalue weighted by Crippen LogP contribution is -2.44. The van der Waals surface area contributed by atoms with Gasteiger partial charge in [0.2, 0.25) is 5.91 Å². The van der Waals surface area contributed by atoms with Crippen molar-refractivity contribution in [3.8, 4) is 0 Å². The van der Waals surface area contributed by atoms with E-state index in [0.717, 1.165) is 63.0 Å². The van der Waals surface area contributed by atoms with Gasteiger partial charge in [0.15, 0.2) is 0 Å². The van der Waals surface area contributed by atoms with Crippen LogP contribution in [0.25, 0.3) is 0 Å². The van der Waals surface area contributed by atoms with Crippen molar-refractivity contribution in [3.05, 3.63) is 94.3 Å². The molecule has 0 bridgehead atoms. The summed E-state index contributed by atoms with van der Waals surface area (Å²) < 4.78 is 0. The molecule has 196 valence electrons. The van der Waals surface area contributed by atoms with Gasteiger partial charge in [-0.15, -0.1) is 0 Å². The molecular formula is C31H33ClN4O2. The quantitative estimate of drug-likeness (QED) is 0.493. The van der Waals surface area contributed by atoms with Crippen molar-refractivity contribution in [1.82, 2.24) is 15.2 Å². The van der Waals surface area contributed by atoms with Crippen LogP contribution in [0.1, 0.15) is 58.8 Å². The van der Waals surface area contributed by atoms with Gasteiger partial charge in [-0.3, -0.25) is 14.6 Å². The van der Waals surface area contributed by atoms with Gasteiger partial charge in [0.25, 0.3) is 5.91 Å². The number of fused-ring (bicyclic) bond motifs is 1. The number of aryl methyl sites for hydroxylation is 1. The number of nitrogens with one attached hydrogen (secondary N) is 1. The highest BCUT2D eigenvalue weighted by molar-refractivity contribution is 6.33. The maximum atomic E-state index is 13.3. The summed E-state index contributed by atoms with van der Waals surface area (Å²) >= 11 is 6.23. The van der Waals surface area contributed by atoms with Gasteiger partial charge < -0.3 is 15.1 Å². The van der Waals surface area contributed by atoms with E-state index in [4.69, 9.17) is 11.6 Å². The number of nitrogens with zero attached hydrogens (tertiary/aromatic N) is 3. The lowest BCUT2D eigenvalue weighted by molar-refractivity contribution is -0.132. The van der Waals surface area contributed by atoms with Crippen LogP contribution in [0, 0.1) is 5.41 Å². The minimum absolute atomic E-state index is 0.0654. The minimum atomic E-state index is -0.161. The molecule has 1 atom stereocenters. The van der Waals surface area contributed by atoms with Crippen molar-refractivity contribution >= 4 is 29.1 Å². The largest absolute Gasteiger partial charge is 0.371 e. The van der Waals surface area contributed by atoms with Crippen LogP contribution in [0.3, 0.4) is 0 Å². The van der Waals surface area contributed by atoms with Crippen LogP contribution >= 0.6 is 11.6 Å². The van der Waals surface area contributed by atoms with Crippen molar-refractivity contribution < 1.29 is 9.59 Å². The Labute approximate surface area is 229 Å². The summed E-state index contributed by atoms with van der Waals surface area (Å²) in [5.41, 5.74) is 5.41. The predicted molar refractivity (Wildman–Crippen MR) is 149 cm³/mol. The van der Waals surface area contributed by atoms with Crippen molar-refractivity contribution in [1.29, 1.82) is 0 Å². The maximum Gasteiger partial charge on any atom is 0.253 e. The zero-order valence-electron chi connectivity index (χ0n) is 21.5. The molecule has 38 heavy (non-hydrogen) atoms. The van der Waals surface area contributed by atoms with Crippen molar-refractivity contribution in [2.24, 2.45) is 5.41 Å². The molecule has 3 heterocycles. The first kappa shape index (κ1) is 24.9. The zero-order valence-corrected chi connectivity index (χ0v) is 22.3. The van der Waals surface area contributed by atoms with Crippen LogP contribution in [-0.2, 0) is 17.6 Å². The highest BCUT2D eigenvalue weighted by atomic mass is 35.5. The molecule has 1 unspecified atom stereocenters. The summed E-state index contributed by atoms with van der Waals surface area (Å²) in [7, 11) is 0. The molecule has 2 saturated heterocycles. The van der Waals surface area contributed by atoms with Gasteiger partial charge in [-0.1, -0.05) is 41.9 Å². The molecule has 1 aliphatic carbocycles. The van der Waals surface area contributed by atoms with Gasteiger partial charge in [-0.05, 0) is 78.5 Å². The Morgan fingerprint density at radius 2 is 1.76 bits per heavy atom. The van der Waals surface area contributed by atoms with Gasteiger partial charge in [0.1, 0.15) is 0 Å². The Morgan fingerprint density at radius 1 is 1.00 bits per heavy atom. The first-order chi connectivity index (χ1) is 18.5. The van der Waals surface area contributed by atoms with E-state index in [1.54, 1.807) is 12.1 Å². The van der Waals surface area contributed by atoms with E-state index in [9.17, 15) is 9.59 Å². The normalized spacial score (nSPS) is 20.0. The van der Waals surface area contributed by atoms with Crippen LogP contribution in [0.5, 0.6) is 0 Å². The molecule has 2 amide bonds. The summed E-state index contributed by atoms with van der Waals surface area (Å²) in [5, 5.41) is 3.61. The van der Waals surface area contributed by atoms with Crippen molar-refractivity contribution in [2.45, 2.75) is 44.6 Å². The summed E-state index contributed by atoms with van der Waals surface area (Å²) in [6.45, 7) is 3.78. The van der Waals surface area contributed by atoms with E-state index in [1.807, 2.05) is 29.4 Å². The van der Waals surface area contributed by atoms with E-state index in [-0.39, 0.29) is 17.9 Å². The van der Waals surface area contributed by atoms with Gasteiger partial charge >= 0.3 is 0 Å². The molecule has 2 aromatic carbocycles. The van der Waals surface area contributed by atoms with E-state index in [1.165, 1.54) is 17.7 Å². The first-order valence-electron chi connectivity index (χ1n) is 13.6. The first-order valence-corrected chi connectivity index (χ1v) is 14.0. The number of amides is 2. The summed E-state index contributed by atoms with van der Waals surface area (Å²) in [4.78, 5) is 34.8. The van der Waals surface area contributed by atoms with E-state index in [2.05, 4.69) is 45.5 Å². The number of hydrogen-bond acceptors (Lipinski definition) is 4. The van der Waals surface area contributed by atoms with Crippen LogP contribution < -0.4 is 10.2 Å². The molecule has 2 aliphatic heterocycles. The lowest BCUT2D eigenvalue weighted by Gasteiger charge is -2.39. The monoisotopic (exact) mass is 528 g/mol. The lowest BCUT2D eigenvalue weighted by atomic mass is 9.77. The van der Waals surface area contributed by atoms with Crippen LogP contribution in [-0.4, -0.2) is 47.9 Å². The van der Waals surface area contributed by atoms with E-state index >= 15 is 0 Å². The highest BCUT2D eigenvalue weighted by Crippen LogP contribution is 2.42. The molecule has 3 aromatic rings. The van der Waals surface area contributed by atoms with Crippen LogP contribution in [0.4, 0.5) is 5.69 Å². The van der Waals surface area contributed by atoms with Gasteiger partial charge in [-0.2, -0.15) is 0 Å². The summed E-state index contributed by atoms with van der Waals surface area (Å²) in [6, 6.07) is 17.5. The number of aromatic nitrogens is 1. The number of piperidine rings is 1. The molecule has 6 rings (SSSR count). The van der Waals surface area contributed by atoms with Gasteiger partial charge in [0, 0.05) is 44.3 Å². The molecule has 1 aromatic heterocycles. The average molecular weight is 529 g/mol. The van der Waals surface area contributed by atoms with E-state index < -0.39 is 0 Å². The summed E-state index contributed by atoms with van der Waals surface area (Å²) in [5.74, 6) is 0.0324. The van der Waals surface area contributed by atoms with Crippen molar-refractivity contribution in [3.63, 3.8) is 0 Å². The average Bonchev–Trinajstić information content (AvgIpc) is 3.54. The molecule has 2 fully saturated rings. The Hall–Kier alpha value is -3.38. The highest BCUT2D eigenvalue weighted by Gasteiger charge is 2.41. The Morgan fingerprint density at radius 3 is 2.55 bits per heavy atom. The molecular weight excluding hydrogens is 496 g/mol. The molecule has 7 heteroatoms. The topological polar surface area (TPSA) is 65.5 Å². The fourth-order valence-electron chi connectivity index (χ4n) is 6.43. The number of rotatable bonds is 5. The Bertz CT molecular complexity index is 1340.